The molecular formula is C27H24FN3O3. The van der Waals surface area contributed by atoms with Crippen LogP contribution < -0.4 is 9.47 Å². The first-order chi connectivity index (χ1) is 16.6. The number of halogens is 1. The molecule has 1 aliphatic rings. The Hall–Kier alpha value is -4.13. The number of nitrogens with zero attached hydrogens (tertiary/aromatic N) is 2. The number of methoxy groups -OCH3 is 1. The number of carbonyl (C=O) groups excluding carboxylic acids is 1. The number of hydrogen-bond acceptors (Lipinski definition) is 4. The summed E-state index contributed by atoms with van der Waals surface area (Å²) in [4.78, 5) is 15.3. The van der Waals surface area contributed by atoms with Crippen molar-refractivity contribution in [3.63, 3.8) is 0 Å². The molecule has 1 N–H and O–H groups in total. The van der Waals surface area contributed by atoms with Gasteiger partial charge < -0.3 is 14.4 Å². The van der Waals surface area contributed by atoms with Gasteiger partial charge in [0.15, 0.2) is 0 Å². The Labute approximate surface area is 196 Å². The Morgan fingerprint density at radius 1 is 1.03 bits per heavy atom. The van der Waals surface area contributed by atoms with Gasteiger partial charge in [-0.2, -0.15) is 5.10 Å². The van der Waals surface area contributed by atoms with Crippen molar-refractivity contribution in [1.29, 1.82) is 0 Å². The largest absolute Gasteiger partial charge is 0.497 e. The fraction of sp³-hybridized carbons (Fsp3) is 0.185. The highest BCUT2D eigenvalue weighted by molar-refractivity contribution is 6.00. The van der Waals surface area contributed by atoms with Gasteiger partial charge in [0.1, 0.15) is 23.0 Å². The van der Waals surface area contributed by atoms with Gasteiger partial charge in [-0.3, -0.25) is 9.89 Å². The molecular weight excluding hydrogens is 433 g/mol. The van der Waals surface area contributed by atoms with Crippen molar-refractivity contribution >= 4 is 5.91 Å². The lowest BCUT2D eigenvalue weighted by atomic mass is 9.95. The summed E-state index contributed by atoms with van der Waals surface area (Å²) in [5.41, 5.74) is 4.60. The maximum atomic E-state index is 13.5. The second kappa shape index (κ2) is 9.02. The molecule has 1 unspecified atom stereocenters. The summed E-state index contributed by atoms with van der Waals surface area (Å²) in [6.45, 7) is 2.80. The minimum atomic E-state index is -0.385. The molecule has 4 aromatic rings. The number of fused-ring (bicyclic) bond motifs is 1. The molecule has 0 saturated heterocycles. The third-order valence-electron chi connectivity index (χ3n) is 5.98. The third kappa shape index (κ3) is 3.90. The molecule has 0 radical (unpaired) electrons. The van der Waals surface area contributed by atoms with E-state index in [1.54, 1.807) is 24.1 Å². The van der Waals surface area contributed by atoms with E-state index in [4.69, 9.17) is 9.47 Å². The van der Waals surface area contributed by atoms with Gasteiger partial charge in [0, 0.05) is 17.7 Å². The first-order valence-electron chi connectivity index (χ1n) is 11.1. The monoisotopic (exact) mass is 457 g/mol. The highest BCUT2D eigenvalue weighted by atomic mass is 19.1. The standard InChI is InChI=1S/C27H24FN3O3/c1-3-34-22-6-4-5-19(15-22)26-23-24(18-9-13-21(33-2)14-10-18)29-30-25(23)27(32)31(26)16-17-7-11-20(28)12-8-17/h4-15,26H,3,16H2,1-2H3,(H,29,30). The maximum Gasteiger partial charge on any atom is 0.273 e. The van der Waals surface area contributed by atoms with Crippen molar-refractivity contribution < 1.29 is 18.7 Å². The molecule has 7 heteroatoms. The van der Waals surface area contributed by atoms with E-state index in [9.17, 15) is 9.18 Å². The highest BCUT2D eigenvalue weighted by Crippen LogP contribution is 2.44. The minimum Gasteiger partial charge on any atom is -0.497 e. The minimum absolute atomic E-state index is 0.154. The predicted molar refractivity (Wildman–Crippen MR) is 126 cm³/mol. The second-order valence-electron chi connectivity index (χ2n) is 8.06. The predicted octanol–water partition coefficient (Wildman–Crippen LogP) is 5.37. The average molecular weight is 458 g/mol. The van der Waals surface area contributed by atoms with Gasteiger partial charge in [0.2, 0.25) is 0 Å². The zero-order valence-corrected chi connectivity index (χ0v) is 18.9. The lowest BCUT2D eigenvalue weighted by Crippen LogP contribution is -2.29. The van der Waals surface area contributed by atoms with E-state index < -0.39 is 0 Å². The molecule has 2 heterocycles. The quantitative estimate of drug-likeness (QED) is 0.405. The Bertz CT molecular complexity index is 1320. The van der Waals surface area contributed by atoms with Gasteiger partial charge in [0.05, 0.1) is 25.5 Å². The first-order valence-corrected chi connectivity index (χ1v) is 11.1. The number of amides is 1. The van der Waals surface area contributed by atoms with Gasteiger partial charge in [-0.15, -0.1) is 0 Å². The number of H-pyrrole nitrogens is 1. The number of hydrogen-bond donors (Lipinski definition) is 1. The molecule has 5 rings (SSSR count). The number of nitrogens with one attached hydrogen (secondary N) is 1. The van der Waals surface area contributed by atoms with Crippen LogP contribution in [0.5, 0.6) is 11.5 Å². The lowest BCUT2D eigenvalue weighted by Gasteiger charge is -2.27. The van der Waals surface area contributed by atoms with Gasteiger partial charge in [-0.05, 0) is 66.6 Å². The molecule has 0 spiro atoms. The Balaban J connectivity index is 1.62. The number of rotatable bonds is 7. The molecule has 1 aromatic heterocycles. The summed E-state index contributed by atoms with van der Waals surface area (Å²) >= 11 is 0. The van der Waals surface area contributed by atoms with Crippen LogP contribution in [0.4, 0.5) is 4.39 Å². The smallest absolute Gasteiger partial charge is 0.273 e. The van der Waals surface area contributed by atoms with Gasteiger partial charge in [-0.25, -0.2) is 4.39 Å². The van der Waals surface area contributed by atoms with Crippen LogP contribution in [0.25, 0.3) is 11.3 Å². The molecule has 1 atom stereocenters. The van der Waals surface area contributed by atoms with Crippen LogP contribution in [0.15, 0.2) is 72.8 Å². The van der Waals surface area contributed by atoms with Crippen molar-refractivity contribution in [3.8, 4) is 22.8 Å². The van der Waals surface area contributed by atoms with E-state index >= 15 is 0 Å². The van der Waals surface area contributed by atoms with Crippen LogP contribution >= 0.6 is 0 Å². The third-order valence-corrected chi connectivity index (χ3v) is 5.98. The van der Waals surface area contributed by atoms with Crippen molar-refractivity contribution in [3.05, 3.63) is 101 Å². The van der Waals surface area contributed by atoms with Gasteiger partial charge in [-0.1, -0.05) is 24.3 Å². The van der Waals surface area contributed by atoms with E-state index in [0.717, 1.165) is 33.8 Å². The van der Waals surface area contributed by atoms with E-state index in [0.29, 0.717) is 24.5 Å². The lowest BCUT2D eigenvalue weighted by molar-refractivity contribution is 0.0730. The van der Waals surface area contributed by atoms with Crippen molar-refractivity contribution in [2.45, 2.75) is 19.5 Å². The van der Waals surface area contributed by atoms with Crippen LogP contribution in [0.3, 0.4) is 0 Å². The first kappa shape index (κ1) is 21.7. The zero-order valence-electron chi connectivity index (χ0n) is 18.9. The molecule has 34 heavy (non-hydrogen) atoms. The average Bonchev–Trinajstić information content (AvgIpc) is 3.40. The van der Waals surface area contributed by atoms with E-state index in [1.807, 2.05) is 55.5 Å². The van der Waals surface area contributed by atoms with Crippen molar-refractivity contribution in [2.75, 3.05) is 13.7 Å². The Kier molecular flexibility index (Phi) is 5.76. The van der Waals surface area contributed by atoms with Gasteiger partial charge >= 0.3 is 0 Å². The molecule has 6 nitrogen and oxygen atoms in total. The SMILES string of the molecule is CCOc1cccc(C2c3c(-c4ccc(OC)cc4)n[nH]c3C(=O)N2Cc2ccc(F)cc2)c1. The molecule has 1 aliphatic heterocycles. The van der Waals surface area contributed by atoms with E-state index in [-0.39, 0.29) is 17.8 Å². The van der Waals surface area contributed by atoms with Crippen LogP contribution in [0, 0.1) is 5.82 Å². The normalized spacial score (nSPS) is 14.9. The summed E-state index contributed by atoms with van der Waals surface area (Å²) in [5, 5.41) is 7.47. The zero-order chi connectivity index (χ0) is 23.7. The number of benzene rings is 3. The molecule has 172 valence electrons. The van der Waals surface area contributed by atoms with Crippen LogP contribution in [0.1, 0.15) is 40.1 Å². The number of carbonyl (C=O) groups is 1. The van der Waals surface area contributed by atoms with E-state index in [1.165, 1.54) is 12.1 Å². The number of aromatic amines is 1. The Morgan fingerprint density at radius 2 is 1.79 bits per heavy atom. The summed E-state index contributed by atoms with van der Waals surface area (Å²) in [7, 11) is 1.62. The topological polar surface area (TPSA) is 67.5 Å². The van der Waals surface area contributed by atoms with Gasteiger partial charge in [0.25, 0.3) is 5.91 Å². The maximum absolute atomic E-state index is 13.5. The second-order valence-corrected chi connectivity index (χ2v) is 8.06. The van der Waals surface area contributed by atoms with Crippen LogP contribution in [-0.4, -0.2) is 34.7 Å². The summed E-state index contributed by atoms with van der Waals surface area (Å²) < 4.78 is 24.5. The van der Waals surface area contributed by atoms with Crippen molar-refractivity contribution in [2.24, 2.45) is 0 Å². The van der Waals surface area contributed by atoms with Crippen LogP contribution in [0.2, 0.25) is 0 Å². The van der Waals surface area contributed by atoms with Crippen molar-refractivity contribution in [1.82, 2.24) is 15.1 Å². The highest BCUT2D eigenvalue weighted by Gasteiger charge is 2.42. The summed E-state index contributed by atoms with van der Waals surface area (Å²) in [5.74, 6) is 1.01. The number of ether oxygens (including phenoxy) is 2. The molecule has 0 saturated carbocycles. The summed E-state index contributed by atoms with van der Waals surface area (Å²) in [6.07, 6.45) is 0. The molecule has 3 aromatic carbocycles. The van der Waals surface area contributed by atoms with Crippen LogP contribution in [-0.2, 0) is 6.54 Å². The molecule has 0 fully saturated rings. The fourth-order valence-corrected chi connectivity index (χ4v) is 4.40. The van der Waals surface area contributed by atoms with E-state index in [2.05, 4.69) is 10.2 Å². The summed E-state index contributed by atoms with van der Waals surface area (Å²) in [6, 6.07) is 21.2. The molecule has 0 aliphatic carbocycles. The molecule has 0 bridgehead atoms. The number of aromatic nitrogens is 2. The molecule has 1 amide bonds. The Morgan fingerprint density at radius 3 is 2.50 bits per heavy atom. The fourth-order valence-electron chi connectivity index (χ4n) is 4.40.